The first-order valence-corrected chi connectivity index (χ1v) is 5.22. The quantitative estimate of drug-likeness (QED) is 0.663. The smallest absolute Gasteiger partial charge is 0.0192 e. The van der Waals surface area contributed by atoms with Gasteiger partial charge >= 0.3 is 0 Å². The van der Waals surface area contributed by atoms with E-state index in [1.54, 1.807) is 0 Å². The molecule has 1 heterocycles. The molecule has 0 bridgehead atoms. The summed E-state index contributed by atoms with van der Waals surface area (Å²) in [7, 11) is 2.09. The predicted octanol–water partition coefficient (Wildman–Crippen LogP) is 1.08. The van der Waals surface area contributed by atoms with Gasteiger partial charge in [-0.2, -0.15) is 0 Å². The zero-order valence-corrected chi connectivity index (χ0v) is 8.21. The third-order valence-corrected chi connectivity index (χ3v) is 3.40. The molecule has 0 aromatic carbocycles. The summed E-state index contributed by atoms with van der Waals surface area (Å²) in [6.07, 6.45) is 4.19. The topological polar surface area (TPSA) is 15.3 Å². The number of likely N-dealkylation sites (N-methyl/N-ethyl adjacent to an activating group) is 1. The summed E-state index contributed by atoms with van der Waals surface area (Å²) in [6.45, 7) is 4.99. The Morgan fingerprint density at radius 1 is 1.42 bits per heavy atom. The normalized spacial score (nSPS) is 43.0. The van der Waals surface area contributed by atoms with Crippen molar-refractivity contribution in [1.82, 2.24) is 10.2 Å². The van der Waals surface area contributed by atoms with Crippen LogP contribution in [0.4, 0.5) is 0 Å². The van der Waals surface area contributed by atoms with Crippen molar-refractivity contribution in [3.05, 3.63) is 0 Å². The zero-order valence-electron chi connectivity index (χ0n) is 8.21. The highest BCUT2D eigenvalue weighted by Crippen LogP contribution is 2.36. The minimum absolute atomic E-state index is 0.756. The van der Waals surface area contributed by atoms with Gasteiger partial charge in [0.2, 0.25) is 0 Å². The van der Waals surface area contributed by atoms with Crippen LogP contribution in [0.2, 0.25) is 0 Å². The van der Waals surface area contributed by atoms with E-state index in [1.165, 1.54) is 32.4 Å². The Morgan fingerprint density at radius 2 is 2.17 bits per heavy atom. The van der Waals surface area contributed by atoms with Crippen LogP contribution in [0.3, 0.4) is 0 Å². The Bertz CT molecular complexity index is 158. The predicted molar refractivity (Wildman–Crippen MR) is 51.2 cm³/mol. The van der Waals surface area contributed by atoms with Crippen LogP contribution in [0.1, 0.15) is 26.2 Å². The van der Waals surface area contributed by atoms with E-state index in [2.05, 4.69) is 24.2 Å². The highest BCUT2D eigenvalue weighted by Gasteiger charge is 2.39. The van der Waals surface area contributed by atoms with Gasteiger partial charge in [-0.1, -0.05) is 6.92 Å². The summed E-state index contributed by atoms with van der Waals surface area (Å²) in [5.74, 6) is 0.973. The third kappa shape index (κ3) is 1.64. The lowest BCUT2D eigenvalue weighted by Gasteiger charge is -2.32. The van der Waals surface area contributed by atoms with E-state index in [1.807, 2.05) is 0 Å². The summed E-state index contributed by atoms with van der Waals surface area (Å²) in [4.78, 5) is 2.68. The van der Waals surface area contributed by atoms with Gasteiger partial charge in [0.1, 0.15) is 0 Å². The first kappa shape index (κ1) is 8.52. The number of hydrogen-bond acceptors (Lipinski definition) is 2. The Balaban J connectivity index is 1.82. The van der Waals surface area contributed by atoms with Crippen molar-refractivity contribution < 1.29 is 0 Å². The molecular formula is C10H20N2. The second kappa shape index (κ2) is 3.35. The molecule has 2 heteroatoms. The van der Waals surface area contributed by atoms with Crippen molar-refractivity contribution in [2.24, 2.45) is 5.92 Å². The van der Waals surface area contributed by atoms with Gasteiger partial charge in [-0.25, -0.2) is 0 Å². The average molecular weight is 168 g/mol. The molecular weight excluding hydrogens is 148 g/mol. The van der Waals surface area contributed by atoms with Gasteiger partial charge in [0.15, 0.2) is 0 Å². The van der Waals surface area contributed by atoms with E-state index in [0.717, 1.165) is 18.0 Å². The molecule has 3 unspecified atom stereocenters. The van der Waals surface area contributed by atoms with Gasteiger partial charge in [0.05, 0.1) is 0 Å². The Hall–Kier alpha value is -0.0800. The summed E-state index contributed by atoms with van der Waals surface area (Å²) in [6, 6.07) is 1.69. The maximum absolute atomic E-state index is 3.39. The molecule has 2 fully saturated rings. The second-order valence-electron chi connectivity index (χ2n) is 4.40. The molecule has 0 amide bonds. The van der Waals surface area contributed by atoms with Crippen LogP contribution in [0, 0.1) is 5.92 Å². The third-order valence-electron chi connectivity index (χ3n) is 3.40. The van der Waals surface area contributed by atoms with Crippen LogP contribution in [-0.4, -0.2) is 37.1 Å². The Kier molecular flexibility index (Phi) is 2.37. The minimum Gasteiger partial charge on any atom is -0.316 e. The van der Waals surface area contributed by atoms with Crippen molar-refractivity contribution in [3.8, 4) is 0 Å². The van der Waals surface area contributed by atoms with Crippen LogP contribution in [-0.2, 0) is 0 Å². The molecule has 1 saturated heterocycles. The fourth-order valence-corrected chi connectivity index (χ4v) is 2.35. The standard InChI is InChI=1S/C10H20N2/c1-8-6-10(8)12-5-3-4-9(7-12)11-2/h8-11H,3-7H2,1-2H3. The lowest BCUT2D eigenvalue weighted by atomic mass is 10.1. The molecule has 2 aliphatic rings. The van der Waals surface area contributed by atoms with Crippen LogP contribution >= 0.6 is 0 Å². The van der Waals surface area contributed by atoms with Gasteiger partial charge in [0, 0.05) is 18.6 Å². The molecule has 0 spiro atoms. The van der Waals surface area contributed by atoms with E-state index in [0.29, 0.717) is 0 Å². The molecule has 0 radical (unpaired) electrons. The molecule has 0 aromatic heterocycles. The molecule has 70 valence electrons. The fraction of sp³-hybridized carbons (Fsp3) is 1.00. The molecule has 2 nitrogen and oxygen atoms in total. The first-order valence-electron chi connectivity index (χ1n) is 5.22. The summed E-state index contributed by atoms with van der Waals surface area (Å²) < 4.78 is 0. The molecule has 2 rings (SSSR count). The van der Waals surface area contributed by atoms with Gasteiger partial charge in [-0.05, 0) is 38.8 Å². The van der Waals surface area contributed by atoms with Crippen molar-refractivity contribution in [1.29, 1.82) is 0 Å². The van der Waals surface area contributed by atoms with E-state index in [9.17, 15) is 0 Å². The Labute approximate surface area is 75.3 Å². The fourth-order valence-electron chi connectivity index (χ4n) is 2.35. The molecule has 1 saturated carbocycles. The van der Waals surface area contributed by atoms with E-state index < -0.39 is 0 Å². The van der Waals surface area contributed by atoms with Crippen LogP contribution in [0.25, 0.3) is 0 Å². The maximum atomic E-state index is 3.39. The molecule has 1 aliphatic heterocycles. The second-order valence-corrected chi connectivity index (χ2v) is 4.40. The lowest BCUT2D eigenvalue weighted by Crippen LogP contribution is -2.45. The molecule has 3 atom stereocenters. The molecule has 12 heavy (non-hydrogen) atoms. The van der Waals surface area contributed by atoms with Gasteiger partial charge < -0.3 is 5.32 Å². The molecule has 0 aromatic rings. The first-order chi connectivity index (χ1) is 5.81. The summed E-state index contributed by atoms with van der Waals surface area (Å²) in [5.41, 5.74) is 0. The average Bonchev–Trinajstić information content (AvgIpc) is 2.83. The minimum atomic E-state index is 0.756. The Morgan fingerprint density at radius 3 is 2.75 bits per heavy atom. The molecule has 1 aliphatic carbocycles. The van der Waals surface area contributed by atoms with Gasteiger partial charge in [-0.15, -0.1) is 0 Å². The number of piperidine rings is 1. The van der Waals surface area contributed by atoms with E-state index in [-0.39, 0.29) is 0 Å². The van der Waals surface area contributed by atoms with Crippen LogP contribution in [0.15, 0.2) is 0 Å². The number of likely N-dealkylation sites (tertiary alicyclic amines) is 1. The van der Waals surface area contributed by atoms with E-state index >= 15 is 0 Å². The van der Waals surface area contributed by atoms with Crippen molar-refractivity contribution >= 4 is 0 Å². The number of hydrogen-bond donors (Lipinski definition) is 1. The number of nitrogens with zero attached hydrogens (tertiary/aromatic N) is 1. The summed E-state index contributed by atoms with van der Waals surface area (Å²) in [5, 5.41) is 3.39. The summed E-state index contributed by atoms with van der Waals surface area (Å²) >= 11 is 0. The number of nitrogens with one attached hydrogen (secondary N) is 1. The van der Waals surface area contributed by atoms with Crippen molar-refractivity contribution in [3.63, 3.8) is 0 Å². The lowest BCUT2D eigenvalue weighted by molar-refractivity contribution is 0.180. The number of rotatable bonds is 2. The zero-order chi connectivity index (χ0) is 8.55. The SMILES string of the molecule is CNC1CCCN(C2CC2C)C1. The maximum Gasteiger partial charge on any atom is 0.0192 e. The van der Waals surface area contributed by atoms with Crippen molar-refractivity contribution in [2.75, 3.05) is 20.1 Å². The van der Waals surface area contributed by atoms with E-state index in [4.69, 9.17) is 0 Å². The van der Waals surface area contributed by atoms with Crippen LogP contribution < -0.4 is 5.32 Å². The highest BCUT2D eigenvalue weighted by atomic mass is 15.2. The van der Waals surface area contributed by atoms with Crippen molar-refractivity contribution in [2.45, 2.75) is 38.3 Å². The van der Waals surface area contributed by atoms with Gasteiger partial charge in [0.25, 0.3) is 0 Å². The largest absolute Gasteiger partial charge is 0.316 e. The van der Waals surface area contributed by atoms with Crippen LogP contribution in [0.5, 0.6) is 0 Å². The monoisotopic (exact) mass is 168 g/mol. The molecule has 1 N–H and O–H groups in total. The highest BCUT2D eigenvalue weighted by molar-refractivity contribution is 4.94. The van der Waals surface area contributed by atoms with Gasteiger partial charge in [-0.3, -0.25) is 4.90 Å².